The van der Waals surface area contributed by atoms with Gasteiger partial charge in [-0.2, -0.15) is 0 Å². The second-order valence-corrected chi connectivity index (χ2v) is 7.72. The van der Waals surface area contributed by atoms with Crippen LogP contribution in [0.2, 0.25) is 0 Å². The number of aromatic nitrogens is 2. The molecule has 0 aromatic carbocycles. The van der Waals surface area contributed by atoms with Gasteiger partial charge in [-0.15, -0.1) is 22.7 Å². The number of hydrogen-bond donors (Lipinski definition) is 1. The maximum absolute atomic E-state index is 4.76. The molecule has 2 aromatic heterocycles. The van der Waals surface area contributed by atoms with Crippen LogP contribution in [0.3, 0.4) is 0 Å². The molecule has 2 rings (SSSR count). The largest absolute Gasteiger partial charge is 0.311 e. The first-order valence-electron chi connectivity index (χ1n) is 6.44. The van der Waals surface area contributed by atoms with Crippen molar-refractivity contribution in [1.29, 1.82) is 0 Å². The van der Waals surface area contributed by atoms with Crippen LogP contribution < -0.4 is 5.32 Å². The van der Waals surface area contributed by atoms with Crippen molar-refractivity contribution < 1.29 is 0 Å². The summed E-state index contributed by atoms with van der Waals surface area (Å²) < 4.78 is 0. The second kappa shape index (κ2) is 5.69. The van der Waals surface area contributed by atoms with Crippen molar-refractivity contribution in [2.75, 3.05) is 7.05 Å². The van der Waals surface area contributed by atoms with Crippen LogP contribution >= 0.6 is 22.7 Å². The summed E-state index contributed by atoms with van der Waals surface area (Å²) in [6.45, 7) is 8.64. The van der Waals surface area contributed by atoms with E-state index in [1.54, 1.807) is 22.7 Å². The van der Waals surface area contributed by atoms with E-state index in [9.17, 15) is 0 Å². The standard InChI is InChI=1S/C14H21N3S2/c1-9-16-11(7-18-9)10(15-5)6-13-17-12(8-19-13)14(2,3)4/h7-8,10,15H,6H2,1-5H3. The Morgan fingerprint density at radius 2 is 1.95 bits per heavy atom. The van der Waals surface area contributed by atoms with Crippen molar-refractivity contribution in [1.82, 2.24) is 15.3 Å². The van der Waals surface area contributed by atoms with Gasteiger partial charge in [-0.1, -0.05) is 20.8 Å². The van der Waals surface area contributed by atoms with Crippen molar-refractivity contribution in [3.05, 3.63) is 32.2 Å². The number of nitrogens with zero attached hydrogens (tertiary/aromatic N) is 2. The Bertz CT molecular complexity index is 537. The van der Waals surface area contributed by atoms with E-state index >= 15 is 0 Å². The van der Waals surface area contributed by atoms with E-state index in [1.807, 2.05) is 14.0 Å². The van der Waals surface area contributed by atoms with Crippen LogP contribution in [0.4, 0.5) is 0 Å². The molecule has 2 aromatic rings. The molecule has 0 amide bonds. The lowest BCUT2D eigenvalue weighted by atomic mass is 9.93. The number of nitrogens with one attached hydrogen (secondary N) is 1. The topological polar surface area (TPSA) is 37.8 Å². The third-order valence-electron chi connectivity index (χ3n) is 3.04. The predicted molar refractivity (Wildman–Crippen MR) is 83.2 cm³/mol. The highest BCUT2D eigenvalue weighted by Crippen LogP contribution is 2.27. The zero-order valence-corrected chi connectivity index (χ0v) is 13.8. The number of rotatable bonds is 4. The fraction of sp³-hybridized carbons (Fsp3) is 0.571. The maximum atomic E-state index is 4.76. The lowest BCUT2D eigenvalue weighted by Gasteiger charge is -2.15. The van der Waals surface area contributed by atoms with Crippen LogP contribution in [0.5, 0.6) is 0 Å². The van der Waals surface area contributed by atoms with E-state index in [4.69, 9.17) is 4.98 Å². The zero-order chi connectivity index (χ0) is 14.0. The molecule has 0 bridgehead atoms. The summed E-state index contributed by atoms with van der Waals surface area (Å²) >= 11 is 3.45. The van der Waals surface area contributed by atoms with E-state index in [1.165, 1.54) is 10.7 Å². The number of likely N-dealkylation sites (N-methyl/N-ethyl adjacent to an activating group) is 1. The van der Waals surface area contributed by atoms with E-state index in [0.717, 1.165) is 17.1 Å². The quantitative estimate of drug-likeness (QED) is 0.934. The average molecular weight is 295 g/mol. The highest BCUT2D eigenvalue weighted by molar-refractivity contribution is 7.10. The Morgan fingerprint density at radius 3 is 2.42 bits per heavy atom. The minimum atomic E-state index is 0.126. The van der Waals surface area contributed by atoms with Crippen molar-refractivity contribution in [2.24, 2.45) is 0 Å². The Hall–Kier alpha value is -0.780. The van der Waals surface area contributed by atoms with Gasteiger partial charge in [0.1, 0.15) is 0 Å². The third-order valence-corrected chi connectivity index (χ3v) is 4.70. The van der Waals surface area contributed by atoms with Gasteiger partial charge in [-0.05, 0) is 14.0 Å². The number of aryl methyl sites for hydroxylation is 1. The van der Waals surface area contributed by atoms with Gasteiger partial charge in [-0.25, -0.2) is 9.97 Å². The molecule has 2 heterocycles. The van der Waals surface area contributed by atoms with Gasteiger partial charge >= 0.3 is 0 Å². The lowest BCUT2D eigenvalue weighted by Crippen LogP contribution is -2.19. The minimum absolute atomic E-state index is 0.126. The smallest absolute Gasteiger partial charge is 0.0948 e. The number of hydrogen-bond acceptors (Lipinski definition) is 5. The van der Waals surface area contributed by atoms with E-state index in [0.29, 0.717) is 0 Å². The Balaban J connectivity index is 2.13. The van der Waals surface area contributed by atoms with Crippen LogP contribution in [0, 0.1) is 6.92 Å². The van der Waals surface area contributed by atoms with Gasteiger partial charge in [0.25, 0.3) is 0 Å². The molecular weight excluding hydrogens is 274 g/mol. The molecule has 0 aliphatic rings. The van der Waals surface area contributed by atoms with E-state index in [2.05, 4.69) is 41.8 Å². The van der Waals surface area contributed by atoms with E-state index in [-0.39, 0.29) is 11.5 Å². The fourth-order valence-electron chi connectivity index (χ4n) is 1.82. The summed E-state index contributed by atoms with van der Waals surface area (Å²) in [5, 5.41) is 9.94. The SMILES string of the molecule is CNC(Cc1nc(C(C)(C)C)cs1)c1csc(C)n1. The molecule has 3 nitrogen and oxygen atoms in total. The first-order valence-corrected chi connectivity index (χ1v) is 8.20. The highest BCUT2D eigenvalue weighted by atomic mass is 32.1. The zero-order valence-electron chi connectivity index (χ0n) is 12.2. The number of thiazole rings is 2. The van der Waals surface area contributed by atoms with Gasteiger partial charge in [0.15, 0.2) is 0 Å². The molecule has 1 unspecified atom stereocenters. The van der Waals surface area contributed by atoms with Gasteiger partial charge < -0.3 is 5.32 Å². The van der Waals surface area contributed by atoms with Crippen LogP contribution in [0.1, 0.15) is 48.2 Å². The summed E-state index contributed by atoms with van der Waals surface area (Å²) in [6.07, 6.45) is 0.903. The van der Waals surface area contributed by atoms with Gasteiger partial charge in [-0.3, -0.25) is 0 Å². The van der Waals surface area contributed by atoms with Crippen LogP contribution in [-0.2, 0) is 11.8 Å². The van der Waals surface area contributed by atoms with E-state index < -0.39 is 0 Å². The lowest BCUT2D eigenvalue weighted by molar-refractivity contribution is 0.555. The van der Waals surface area contributed by atoms with Gasteiger partial charge in [0.05, 0.1) is 27.4 Å². The van der Waals surface area contributed by atoms with Crippen molar-refractivity contribution in [2.45, 2.75) is 45.6 Å². The monoisotopic (exact) mass is 295 g/mol. The molecule has 0 spiro atoms. The van der Waals surface area contributed by atoms with Crippen molar-refractivity contribution in [3.63, 3.8) is 0 Å². The molecule has 1 atom stereocenters. The Kier molecular flexibility index (Phi) is 4.38. The molecule has 0 saturated carbocycles. The van der Waals surface area contributed by atoms with Crippen molar-refractivity contribution >= 4 is 22.7 Å². The minimum Gasteiger partial charge on any atom is -0.311 e. The molecule has 19 heavy (non-hydrogen) atoms. The molecule has 0 fully saturated rings. The Morgan fingerprint density at radius 1 is 1.21 bits per heavy atom. The van der Waals surface area contributed by atoms with Crippen LogP contribution in [0.15, 0.2) is 10.8 Å². The molecule has 104 valence electrons. The summed E-state index contributed by atoms with van der Waals surface area (Å²) in [6, 6.07) is 0.254. The molecule has 0 saturated heterocycles. The first kappa shape index (κ1) is 14.6. The van der Waals surface area contributed by atoms with Gasteiger partial charge in [0.2, 0.25) is 0 Å². The third kappa shape index (κ3) is 3.61. The summed E-state index contributed by atoms with van der Waals surface area (Å²) in [5.74, 6) is 0. The Labute approximate surface area is 123 Å². The molecule has 0 radical (unpaired) electrons. The summed E-state index contributed by atoms with van der Waals surface area (Å²) in [5.41, 5.74) is 2.43. The van der Waals surface area contributed by atoms with Crippen LogP contribution in [-0.4, -0.2) is 17.0 Å². The van der Waals surface area contributed by atoms with Gasteiger partial charge in [0, 0.05) is 22.6 Å². The summed E-state index contributed by atoms with van der Waals surface area (Å²) in [4.78, 5) is 9.32. The second-order valence-electron chi connectivity index (χ2n) is 5.71. The molecule has 0 aliphatic heterocycles. The molecule has 5 heteroatoms. The normalized spacial score (nSPS) is 13.7. The molecule has 1 N–H and O–H groups in total. The van der Waals surface area contributed by atoms with Crippen LogP contribution in [0.25, 0.3) is 0 Å². The van der Waals surface area contributed by atoms with Crippen molar-refractivity contribution in [3.8, 4) is 0 Å². The highest BCUT2D eigenvalue weighted by Gasteiger charge is 2.20. The average Bonchev–Trinajstić information content (AvgIpc) is 2.94. The maximum Gasteiger partial charge on any atom is 0.0948 e. The molecular formula is C14H21N3S2. The first-order chi connectivity index (χ1) is 8.90. The fourth-order valence-corrected chi connectivity index (χ4v) is 3.55. The predicted octanol–water partition coefficient (Wildman–Crippen LogP) is 3.71. The summed E-state index contributed by atoms with van der Waals surface area (Å²) in [7, 11) is 1.98. The molecule has 0 aliphatic carbocycles.